The summed E-state index contributed by atoms with van der Waals surface area (Å²) in [6.07, 6.45) is 7.02. The van der Waals surface area contributed by atoms with E-state index < -0.39 is 5.97 Å². The lowest BCUT2D eigenvalue weighted by Crippen LogP contribution is -2.33. The number of carbonyl (C=O) groups excluding carboxylic acids is 1. The highest BCUT2D eigenvalue weighted by Gasteiger charge is 2.28. The molecule has 1 aliphatic carbocycles. The van der Waals surface area contributed by atoms with Gasteiger partial charge in [-0.25, -0.2) is 4.79 Å². The third kappa shape index (κ3) is 5.45. The van der Waals surface area contributed by atoms with Gasteiger partial charge >= 0.3 is 5.97 Å². The molecule has 3 aromatic rings. The van der Waals surface area contributed by atoms with Gasteiger partial charge in [-0.15, -0.1) is 12.4 Å². The number of carbonyl (C=O) groups is 2. The quantitative estimate of drug-likeness (QED) is 0.438. The van der Waals surface area contributed by atoms with E-state index >= 15 is 0 Å². The lowest BCUT2D eigenvalue weighted by atomic mass is 9.82. The number of aromatic carboxylic acids is 1. The molecular weight excluding hydrogens is 474 g/mol. The summed E-state index contributed by atoms with van der Waals surface area (Å²) in [6.45, 7) is 2.94. The van der Waals surface area contributed by atoms with Crippen LogP contribution < -0.4 is 5.32 Å². The second-order valence-corrected chi connectivity index (χ2v) is 10.3. The van der Waals surface area contributed by atoms with Crippen LogP contribution in [0.25, 0.3) is 22.2 Å². The molecule has 6 nitrogen and oxygen atoms in total. The van der Waals surface area contributed by atoms with E-state index in [1.54, 1.807) is 12.1 Å². The van der Waals surface area contributed by atoms with E-state index in [4.69, 9.17) is 0 Å². The van der Waals surface area contributed by atoms with Crippen molar-refractivity contribution < 1.29 is 14.7 Å². The van der Waals surface area contributed by atoms with E-state index in [1.165, 1.54) is 24.8 Å². The van der Waals surface area contributed by atoms with Crippen molar-refractivity contribution in [3.63, 3.8) is 0 Å². The van der Waals surface area contributed by atoms with Gasteiger partial charge in [-0.3, -0.25) is 4.79 Å². The molecule has 2 N–H and O–H groups in total. The number of rotatable bonds is 7. The number of hydrogen-bond acceptors (Lipinski definition) is 3. The SMILES string of the molecule is CN1CCC(CNC(=O)Cn2c(-c3ccccc3)c(C3CCCCC3)c3ccc(C(=O)O)cc32)C1.Cl. The molecule has 0 bridgehead atoms. The van der Waals surface area contributed by atoms with Crippen LogP contribution in [0, 0.1) is 5.92 Å². The predicted molar refractivity (Wildman–Crippen MR) is 146 cm³/mol. The van der Waals surface area contributed by atoms with Crippen LogP contribution in [0.5, 0.6) is 0 Å². The summed E-state index contributed by atoms with van der Waals surface area (Å²) in [5, 5.41) is 13.9. The molecule has 1 saturated carbocycles. The fourth-order valence-corrected chi connectivity index (χ4v) is 6.04. The number of nitrogens with one attached hydrogen (secondary N) is 1. The van der Waals surface area contributed by atoms with Crippen LogP contribution in [0.15, 0.2) is 48.5 Å². The van der Waals surface area contributed by atoms with E-state index in [9.17, 15) is 14.7 Å². The Morgan fingerprint density at radius 3 is 2.44 bits per heavy atom. The van der Waals surface area contributed by atoms with Crippen molar-refractivity contribution >= 4 is 35.2 Å². The third-order valence-electron chi connectivity index (χ3n) is 7.79. The molecule has 0 radical (unpaired) electrons. The van der Waals surface area contributed by atoms with Gasteiger partial charge in [0.15, 0.2) is 0 Å². The number of carboxylic acid groups (broad SMARTS) is 1. The minimum atomic E-state index is -0.949. The minimum absolute atomic E-state index is 0. The number of hydrogen-bond donors (Lipinski definition) is 2. The number of fused-ring (bicyclic) bond motifs is 1. The van der Waals surface area contributed by atoms with Crippen molar-refractivity contribution in [2.75, 3.05) is 26.7 Å². The van der Waals surface area contributed by atoms with Crippen molar-refractivity contribution in [1.82, 2.24) is 14.8 Å². The Kier molecular flexibility index (Phi) is 8.37. The first kappa shape index (κ1) is 26.2. The van der Waals surface area contributed by atoms with Crippen LogP contribution in [-0.4, -0.2) is 53.1 Å². The second kappa shape index (κ2) is 11.5. The monoisotopic (exact) mass is 509 g/mol. The number of benzene rings is 2. The molecule has 36 heavy (non-hydrogen) atoms. The van der Waals surface area contributed by atoms with Gasteiger partial charge in [0, 0.05) is 18.5 Å². The van der Waals surface area contributed by atoms with Gasteiger partial charge in [0.25, 0.3) is 0 Å². The Balaban J connectivity index is 0.00000304. The van der Waals surface area contributed by atoms with E-state index in [0.717, 1.165) is 54.5 Å². The molecular formula is C29H36ClN3O3. The molecule has 5 rings (SSSR count). The van der Waals surface area contributed by atoms with Crippen molar-refractivity contribution in [3.8, 4) is 11.3 Å². The molecule has 2 aromatic carbocycles. The fourth-order valence-electron chi connectivity index (χ4n) is 6.04. The average Bonchev–Trinajstić information content (AvgIpc) is 3.44. The molecule has 1 unspecified atom stereocenters. The Morgan fingerprint density at radius 2 is 1.78 bits per heavy atom. The number of aromatic nitrogens is 1. The van der Waals surface area contributed by atoms with Crippen molar-refractivity contribution in [2.24, 2.45) is 5.92 Å². The highest BCUT2D eigenvalue weighted by Crippen LogP contribution is 2.44. The van der Waals surface area contributed by atoms with Gasteiger partial charge < -0.3 is 19.9 Å². The maximum Gasteiger partial charge on any atom is 0.335 e. The second-order valence-electron chi connectivity index (χ2n) is 10.3. The molecule has 1 aliphatic heterocycles. The molecule has 1 amide bonds. The highest BCUT2D eigenvalue weighted by atomic mass is 35.5. The zero-order valence-electron chi connectivity index (χ0n) is 20.9. The van der Waals surface area contributed by atoms with Crippen molar-refractivity contribution in [1.29, 1.82) is 0 Å². The molecule has 7 heteroatoms. The normalized spacial score (nSPS) is 18.8. The Morgan fingerprint density at radius 1 is 1.03 bits per heavy atom. The van der Waals surface area contributed by atoms with Crippen LogP contribution in [-0.2, 0) is 11.3 Å². The van der Waals surface area contributed by atoms with Crippen LogP contribution in [0.2, 0.25) is 0 Å². The first-order valence-corrected chi connectivity index (χ1v) is 12.9. The number of carboxylic acids is 1. The number of halogens is 1. The summed E-state index contributed by atoms with van der Waals surface area (Å²) >= 11 is 0. The molecule has 1 atom stereocenters. The Hall–Kier alpha value is -2.83. The minimum Gasteiger partial charge on any atom is -0.478 e. The summed E-state index contributed by atoms with van der Waals surface area (Å²) in [5.41, 5.74) is 4.49. The van der Waals surface area contributed by atoms with Gasteiger partial charge in [-0.2, -0.15) is 0 Å². The van der Waals surface area contributed by atoms with E-state index in [1.807, 2.05) is 24.3 Å². The maximum atomic E-state index is 13.2. The summed E-state index contributed by atoms with van der Waals surface area (Å²) in [7, 11) is 2.12. The zero-order chi connectivity index (χ0) is 24.4. The number of likely N-dealkylation sites (tertiary alicyclic amines) is 1. The first-order chi connectivity index (χ1) is 17.0. The molecule has 1 aromatic heterocycles. The lowest BCUT2D eigenvalue weighted by Gasteiger charge is -2.24. The van der Waals surface area contributed by atoms with Gasteiger partial charge in [-0.1, -0.05) is 55.7 Å². The van der Waals surface area contributed by atoms with Crippen LogP contribution in [0.4, 0.5) is 0 Å². The Bertz CT molecular complexity index is 1220. The van der Waals surface area contributed by atoms with Crippen LogP contribution >= 0.6 is 12.4 Å². The van der Waals surface area contributed by atoms with E-state index in [-0.39, 0.29) is 30.4 Å². The van der Waals surface area contributed by atoms with Gasteiger partial charge in [0.05, 0.1) is 16.8 Å². The zero-order valence-corrected chi connectivity index (χ0v) is 21.7. The van der Waals surface area contributed by atoms with Gasteiger partial charge in [-0.05, 0) is 68.0 Å². The maximum absolute atomic E-state index is 13.2. The molecule has 2 fully saturated rings. The number of nitrogens with zero attached hydrogens (tertiary/aromatic N) is 2. The van der Waals surface area contributed by atoms with Gasteiger partial charge in [0.2, 0.25) is 5.91 Å². The first-order valence-electron chi connectivity index (χ1n) is 12.9. The Labute approximate surface area is 219 Å². The number of amides is 1. The van der Waals surface area contributed by atoms with Gasteiger partial charge in [0.1, 0.15) is 6.54 Å². The average molecular weight is 510 g/mol. The standard InChI is InChI=1S/C29H35N3O3.ClH/c1-31-15-14-20(18-31)17-30-26(33)19-32-25-16-23(29(34)35)12-13-24(25)27(21-8-4-2-5-9-21)28(32)22-10-6-3-7-11-22;/h3,6-7,10-13,16,20-21H,2,4-5,8-9,14-15,17-19H2,1H3,(H,30,33)(H,34,35);1H. The summed E-state index contributed by atoms with van der Waals surface area (Å²) in [4.78, 5) is 27.3. The topological polar surface area (TPSA) is 74.6 Å². The van der Waals surface area contributed by atoms with Crippen LogP contribution in [0.3, 0.4) is 0 Å². The molecule has 0 spiro atoms. The molecule has 1 saturated heterocycles. The molecule has 2 aliphatic rings. The third-order valence-corrected chi connectivity index (χ3v) is 7.79. The van der Waals surface area contributed by atoms with E-state index in [2.05, 4.69) is 34.0 Å². The van der Waals surface area contributed by atoms with Crippen molar-refractivity contribution in [3.05, 3.63) is 59.7 Å². The molecule has 192 valence electrons. The smallest absolute Gasteiger partial charge is 0.335 e. The van der Waals surface area contributed by atoms with E-state index in [0.29, 0.717) is 18.4 Å². The van der Waals surface area contributed by atoms with Crippen molar-refractivity contribution in [2.45, 2.75) is 51.0 Å². The lowest BCUT2D eigenvalue weighted by molar-refractivity contribution is -0.121. The summed E-state index contributed by atoms with van der Waals surface area (Å²) in [6, 6.07) is 15.7. The summed E-state index contributed by atoms with van der Waals surface area (Å²) in [5.74, 6) is -0.0784. The predicted octanol–water partition coefficient (Wildman–Crippen LogP) is 5.54. The molecule has 2 heterocycles. The summed E-state index contributed by atoms with van der Waals surface area (Å²) < 4.78 is 2.07. The fraction of sp³-hybridized carbons (Fsp3) is 0.448. The van der Waals surface area contributed by atoms with Crippen LogP contribution in [0.1, 0.15) is 60.4 Å². The largest absolute Gasteiger partial charge is 0.478 e. The highest BCUT2D eigenvalue weighted by molar-refractivity contribution is 5.99.